The highest BCUT2D eigenvalue weighted by Crippen LogP contribution is 2.27. The van der Waals surface area contributed by atoms with Crippen molar-refractivity contribution in [1.82, 2.24) is 10.2 Å². The summed E-state index contributed by atoms with van der Waals surface area (Å²) in [4.78, 5) is 15.3. The maximum absolute atomic E-state index is 13.0. The molecule has 21 heavy (non-hydrogen) atoms. The molecule has 116 valence electrons. The summed E-state index contributed by atoms with van der Waals surface area (Å²) in [6.45, 7) is 9.86. The molecule has 1 unspecified atom stereocenters. The van der Waals surface area contributed by atoms with E-state index in [0.29, 0.717) is 0 Å². The Bertz CT molecular complexity index is 508. The van der Waals surface area contributed by atoms with Crippen molar-refractivity contribution in [3.05, 3.63) is 28.8 Å². The van der Waals surface area contributed by atoms with Crippen LogP contribution in [-0.2, 0) is 0 Å². The van der Waals surface area contributed by atoms with E-state index in [1.165, 1.54) is 0 Å². The Kier molecular flexibility index (Phi) is 5.37. The number of piperazine rings is 1. The summed E-state index contributed by atoms with van der Waals surface area (Å²) in [7, 11) is 1.64. The van der Waals surface area contributed by atoms with Crippen LogP contribution in [0, 0.1) is 13.8 Å². The number of hydrogen-bond acceptors (Lipinski definition) is 4. The van der Waals surface area contributed by atoms with Crippen LogP contribution in [0.3, 0.4) is 0 Å². The van der Waals surface area contributed by atoms with Crippen molar-refractivity contribution in [3.8, 4) is 5.75 Å². The first-order valence-corrected chi connectivity index (χ1v) is 7.72. The Morgan fingerprint density at radius 3 is 2.57 bits per heavy atom. The lowest BCUT2D eigenvalue weighted by molar-refractivity contribution is 0.0786. The summed E-state index contributed by atoms with van der Waals surface area (Å²) < 4.78 is 5.48. The fourth-order valence-electron chi connectivity index (χ4n) is 3.19. The van der Waals surface area contributed by atoms with Gasteiger partial charge in [0.05, 0.1) is 18.7 Å². The standard InChI is InChI=1S/C17H26N2O2/c1-5-15(19-8-6-18-7-9-19)16(20)14-11-12(2)10-13(3)17(14)21-4/h10-11,15,18H,5-9H2,1-4H3. The van der Waals surface area contributed by atoms with Gasteiger partial charge in [0.1, 0.15) is 5.75 Å². The van der Waals surface area contributed by atoms with Crippen LogP contribution in [-0.4, -0.2) is 50.0 Å². The van der Waals surface area contributed by atoms with Gasteiger partial charge in [-0.3, -0.25) is 9.69 Å². The van der Waals surface area contributed by atoms with E-state index < -0.39 is 0 Å². The Morgan fingerprint density at radius 1 is 1.33 bits per heavy atom. The second-order valence-corrected chi connectivity index (χ2v) is 5.74. The van der Waals surface area contributed by atoms with Crippen LogP contribution in [0.4, 0.5) is 0 Å². The summed E-state index contributed by atoms with van der Waals surface area (Å²) in [5.74, 6) is 0.905. The quantitative estimate of drug-likeness (QED) is 0.844. The van der Waals surface area contributed by atoms with E-state index in [4.69, 9.17) is 4.74 Å². The van der Waals surface area contributed by atoms with Gasteiger partial charge in [-0.2, -0.15) is 0 Å². The van der Waals surface area contributed by atoms with Crippen molar-refractivity contribution in [2.45, 2.75) is 33.2 Å². The van der Waals surface area contributed by atoms with E-state index in [2.05, 4.69) is 23.2 Å². The van der Waals surface area contributed by atoms with Gasteiger partial charge in [0, 0.05) is 26.2 Å². The largest absolute Gasteiger partial charge is 0.496 e. The number of ether oxygens (including phenoxy) is 1. The maximum atomic E-state index is 13.0. The van der Waals surface area contributed by atoms with Crippen molar-refractivity contribution < 1.29 is 9.53 Å². The molecular formula is C17H26N2O2. The average Bonchev–Trinajstić information content (AvgIpc) is 2.48. The minimum Gasteiger partial charge on any atom is -0.496 e. The topological polar surface area (TPSA) is 41.6 Å². The van der Waals surface area contributed by atoms with Crippen LogP contribution in [0.5, 0.6) is 5.75 Å². The zero-order chi connectivity index (χ0) is 15.4. The van der Waals surface area contributed by atoms with Gasteiger partial charge < -0.3 is 10.1 Å². The fourth-order valence-corrected chi connectivity index (χ4v) is 3.19. The van der Waals surface area contributed by atoms with Gasteiger partial charge in [0.2, 0.25) is 0 Å². The summed E-state index contributed by atoms with van der Waals surface area (Å²) in [5.41, 5.74) is 2.85. The van der Waals surface area contributed by atoms with E-state index in [1.807, 2.05) is 19.9 Å². The maximum Gasteiger partial charge on any atom is 0.183 e. The molecule has 1 N–H and O–H groups in total. The minimum atomic E-state index is -0.0535. The van der Waals surface area contributed by atoms with Crippen LogP contribution in [0.15, 0.2) is 12.1 Å². The fraction of sp³-hybridized carbons (Fsp3) is 0.588. The predicted octanol–water partition coefficient (Wildman–Crippen LogP) is 2.18. The van der Waals surface area contributed by atoms with E-state index in [0.717, 1.165) is 55.0 Å². The third-order valence-electron chi connectivity index (χ3n) is 4.17. The molecule has 0 spiro atoms. The van der Waals surface area contributed by atoms with Crippen molar-refractivity contribution in [1.29, 1.82) is 0 Å². The summed E-state index contributed by atoms with van der Waals surface area (Å²) in [6.07, 6.45) is 0.828. The molecule has 1 atom stereocenters. The second kappa shape index (κ2) is 7.05. The summed E-state index contributed by atoms with van der Waals surface area (Å²) in [6, 6.07) is 3.96. The number of ketones is 1. The molecule has 1 fully saturated rings. The molecule has 0 aromatic heterocycles. The minimum absolute atomic E-state index is 0.0535. The Hall–Kier alpha value is -1.39. The zero-order valence-electron chi connectivity index (χ0n) is 13.5. The molecule has 1 aliphatic rings. The van der Waals surface area contributed by atoms with Crippen molar-refractivity contribution in [2.75, 3.05) is 33.3 Å². The summed E-state index contributed by atoms with van der Waals surface area (Å²) in [5, 5.41) is 3.34. The molecule has 1 saturated heterocycles. The molecule has 1 aromatic carbocycles. The Labute approximate surface area is 127 Å². The molecule has 1 aromatic rings. The number of methoxy groups -OCH3 is 1. The average molecular weight is 290 g/mol. The molecule has 2 rings (SSSR count). The van der Waals surface area contributed by atoms with Crippen molar-refractivity contribution in [3.63, 3.8) is 0 Å². The first kappa shape index (κ1) is 16.0. The smallest absolute Gasteiger partial charge is 0.183 e. The number of nitrogens with zero attached hydrogens (tertiary/aromatic N) is 1. The first-order valence-electron chi connectivity index (χ1n) is 7.72. The van der Waals surface area contributed by atoms with Gasteiger partial charge in [-0.25, -0.2) is 0 Å². The lowest BCUT2D eigenvalue weighted by Crippen LogP contribution is -2.51. The molecule has 0 bridgehead atoms. The SMILES string of the molecule is CCC(C(=O)c1cc(C)cc(C)c1OC)N1CCNCC1. The molecule has 1 aliphatic heterocycles. The molecule has 1 heterocycles. The van der Waals surface area contributed by atoms with Gasteiger partial charge in [-0.15, -0.1) is 0 Å². The Morgan fingerprint density at radius 2 is 2.00 bits per heavy atom. The molecule has 0 amide bonds. The number of rotatable bonds is 5. The van der Waals surface area contributed by atoms with Gasteiger partial charge in [-0.1, -0.05) is 13.0 Å². The monoisotopic (exact) mass is 290 g/mol. The van der Waals surface area contributed by atoms with E-state index >= 15 is 0 Å². The number of carbonyl (C=O) groups is 1. The Balaban J connectivity index is 2.32. The van der Waals surface area contributed by atoms with Crippen molar-refractivity contribution in [2.24, 2.45) is 0 Å². The molecule has 0 aliphatic carbocycles. The number of aryl methyl sites for hydroxylation is 2. The lowest BCUT2D eigenvalue weighted by atomic mass is 9.95. The number of Topliss-reactive ketones (excluding diaryl/α,β-unsaturated/α-hetero) is 1. The second-order valence-electron chi connectivity index (χ2n) is 5.74. The molecule has 0 saturated carbocycles. The van der Waals surface area contributed by atoms with Crippen molar-refractivity contribution >= 4 is 5.78 Å². The highest BCUT2D eigenvalue weighted by molar-refractivity contribution is 6.03. The third-order valence-corrected chi connectivity index (χ3v) is 4.17. The van der Waals surface area contributed by atoms with Gasteiger partial charge in [0.15, 0.2) is 5.78 Å². The number of hydrogen-bond donors (Lipinski definition) is 1. The first-order chi connectivity index (χ1) is 10.1. The summed E-state index contributed by atoms with van der Waals surface area (Å²) >= 11 is 0. The highest BCUT2D eigenvalue weighted by atomic mass is 16.5. The van der Waals surface area contributed by atoms with Crippen LogP contribution in [0.1, 0.15) is 34.8 Å². The van der Waals surface area contributed by atoms with Crippen LogP contribution in [0.2, 0.25) is 0 Å². The van der Waals surface area contributed by atoms with Crippen LogP contribution >= 0.6 is 0 Å². The van der Waals surface area contributed by atoms with Gasteiger partial charge in [-0.05, 0) is 37.5 Å². The highest BCUT2D eigenvalue weighted by Gasteiger charge is 2.28. The third kappa shape index (κ3) is 3.44. The predicted molar refractivity (Wildman–Crippen MR) is 85.3 cm³/mol. The normalized spacial score (nSPS) is 17.5. The van der Waals surface area contributed by atoms with Gasteiger partial charge >= 0.3 is 0 Å². The number of benzene rings is 1. The molecule has 0 radical (unpaired) electrons. The molecule has 4 heteroatoms. The van der Waals surface area contributed by atoms with Gasteiger partial charge in [0.25, 0.3) is 0 Å². The van der Waals surface area contributed by atoms with Crippen LogP contribution < -0.4 is 10.1 Å². The van der Waals surface area contributed by atoms with E-state index in [1.54, 1.807) is 7.11 Å². The van der Waals surface area contributed by atoms with E-state index in [9.17, 15) is 4.79 Å². The zero-order valence-corrected chi connectivity index (χ0v) is 13.5. The molecular weight excluding hydrogens is 264 g/mol. The number of carbonyl (C=O) groups excluding carboxylic acids is 1. The van der Waals surface area contributed by atoms with E-state index in [-0.39, 0.29) is 11.8 Å². The van der Waals surface area contributed by atoms with Crippen LogP contribution in [0.25, 0.3) is 0 Å². The number of nitrogens with one attached hydrogen (secondary N) is 1. The molecule has 4 nitrogen and oxygen atoms in total. The lowest BCUT2D eigenvalue weighted by Gasteiger charge is -2.33.